The van der Waals surface area contributed by atoms with Gasteiger partial charge in [0, 0.05) is 0 Å². The van der Waals surface area contributed by atoms with E-state index in [1.165, 1.54) is 12.8 Å². The van der Waals surface area contributed by atoms with E-state index in [-0.39, 0.29) is 18.3 Å². The summed E-state index contributed by atoms with van der Waals surface area (Å²) in [6.45, 7) is 18.7. The van der Waals surface area contributed by atoms with Crippen molar-refractivity contribution in [2.45, 2.75) is 88.0 Å². The Labute approximate surface area is 134 Å². The molecule has 0 aromatic heterocycles. The summed E-state index contributed by atoms with van der Waals surface area (Å²) >= 11 is 0. The van der Waals surface area contributed by atoms with Crippen LogP contribution in [0.5, 0.6) is 0 Å². The van der Waals surface area contributed by atoms with Gasteiger partial charge in [-0.2, -0.15) is 5.26 Å². The quantitative estimate of drug-likeness (QED) is 0.586. The summed E-state index contributed by atoms with van der Waals surface area (Å²) in [5, 5.41) is 8.73. The third kappa shape index (κ3) is 38.1. The summed E-state index contributed by atoms with van der Waals surface area (Å²) < 4.78 is 4.77. The van der Waals surface area contributed by atoms with Crippen molar-refractivity contribution >= 4 is 5.97 Å². The van der Waals surface area contributed by atoms with E-state index in [0.29, 0.717) is 12.5 Å². The van der Waals surface area contributed by atoms with Crippen molar-refractivity contribution in [3.8, 4) is 6.07 Å². The molecule has 0 rings (SSSR count). The van der Waals surface area contributed by atoms with Gasteiger partial charge in [-0.05, 0) is 19.3 Å². The predicted octanol–water partition coefficient (Wildman–Crippen LogP) is 5.98. The van der Waals surface area contributed by atoms with Crippen molar-refractivity contribution in [1.29, 1.82) is 5.26 Å². The minimum atomic E-state index is -0.269. The minimum absolute atomic E-state index is 0.195. The fraction of sp³-hybridized carbons (Fsp3) is 0.889. The molecule has 0 radical (unpaired) electrons. The first-order valence-corrected chi connectivity index (χ1v) is 8.48. The molecule has 1 unspecified atom stereocenters. The molecule has 0 aliphatic carbocycles. The number of rotatable bonds is 5. The van der Waals surface area contributed by atoms with Gasteiger partial charge < -0.3 is 4.74 Å². The molecular formula is C18H39NO2. The maximum atomic E-state index is 11.0. The largest absolute Gasteiger partial charge is 0.466 e. The first-order chi connectivity index (χ1) is 9.92. The average molecular weight is 302 g/mol. The van der Waals surface area contributed by atoms with E-state index >= 15 is 0 Å². The highest BCUT2D eigenvalue weighted by atomic mass is 16.5. The first-order valence-electron chi connectivity index (χ1n) is 8.48. The van der Waals surface area contributed by atoms with Gasteiger partial charge in [-0.15, -0.1) is 0 Å². The molecule has 0 bridgehead atoms. The van der Waals surface area contributed by atoms with E-state index in [4.69, 9.17) is 10.00 Å². The van der Waals surface area contributed by atoms with Crippen molar-refractivity contribution in [2.75, 3.05) is 6.61 Å². The van der Waals surface area contributed by atoms with Crippen LogP contribution < -0.4 is 0 Å². The van der Waals surface area contributed by atoms with Gasteiger partial charge in [-0.3, -0.25) is 4.79 Å². The van der Waals surface area contributed by atoms with Gasteiger partial charge in [-0.1, -0.05) is 68.2 Å². The second kappa shape index (κ2) is 27.3. The van der Waals surface area contributed by atoms with Crippen LogP contribution in [0.2, 0.25) is 0 Å². The Morgan fingerprint density at radius 3 is 1.67 bits per heavy atom. The lowest BCUT2D eigenvalue weighted by Gasteiger charge is -2.10. The third-order valence-electron chi connectivity index (χ3n) is 1.66. The van der Waals surface area contributed by atoms with Gasteiger partial charge in [0.1, 0.15) is 0 Å². The van der Waals surface area contributed by atoms with E-state index < -0.39 is 0 Å². The molecule has 0 spiro atoms. The van der Waals surface area contributed by atoms with Gasteiger partial charge in [0.25, 0.3) is 0 Å². The summed E-state index contributed by atoms with van der Waals surface area (Å²) in [4.78, 5) is 11.0. The maximum absolute atomic E-state index is 11.0. The molecule has 0 aliphatic heterocycles. The molecule has 0 amide bonds. The minimum Gasteiger partial charge on any atom is -0.466 e. The zero-order chi connectivity index (χ0) is 17.7. The van der Waals surface area contributed by atoms with Gasteiger partial charge in [0.15, 0.2) is 0 Å². The maximum Gasteiger partial charge on any atom is 0.307 e. The summed E-state index contributed by atoms with van der Waals surface area (Å²) in [5.74, 6) is -0.0205. The SMILES string of the molecule is CC.CCC.CCC.CCOC(=O)CC(C#N)CC(C)C. The molecule has 3 heteroatoms. The number of carbonyl (C=O) groups is 1. The fourth-order valence-corrected chi connectivity index (χ4v) is 1.17. The topological polar surface area (TPSA) is 50.1 Å². The molecule has 0 fully saturated rings. The van der Waals surface area contributed by atoms with Crippen molar-refractivity contribution in [1.82, 2.24) is 0 Å². The highest BCUT2D eigenvalue weighted by Gasteiger charge is 2.15. The monoisotopic (exact) mass is 301 g/mol. The van der Waals surface area contributed by atoms with Crippen molar-refractivity contribution < 1.29 is 9.53 Å². The van der Waals surface area contributed by atoms with E-state index in [2.05, 4.69) is 33.8 Å². The lowest BCUT2D eigenvalue weighted by molar-refractivity contribution is -0.143. The third-order valence-corrected chi connectivity index (χ3v) is 1.66. The van der Waals surface area contributed by atoms with Crippen LogP contribution in [0.4, 0.5) is 0 Å². The molecule has 3 nitrogen and oxygen atoms in total. The first kappa shape index (κ1) is 28.2. The van der Waals surface area contributed by atoms with Gasteiger partial charge >= 0.3 is 5.97 Å². The normalized spacial score (nSPS) is 9.57. The van der Waals surface area contributed by atoms with Crippen LogP contribution in [0.25, 0.3) is 0 Å². The Morgan fingerprint density at radius 1 is 1.05 bits per heavy atom. The molecular weight excluding hydrogens is 262 g/mol. The molecule has 0 aromatic carbocycles. The number of nitriles is 1. The molecule has 0 saturated heterocycles. The van der Waals surface area contributed by atoms with Crippen LogP contribution in [0.3, 0.4) is 0 Å². The van der Waals surface area contributed by atoms with E-state index in [1.54, 1.807) is 6.92 Å². The number of hydrogen-bond acceptors (Lipinski definition) is 3. The Morgan fingerprint density at radius 2 is 1.43 bits per heavy atom. The van der Waals surface area contributed by atoms with Crippen LogP contribution in [-0.4, -0.2) is 12.6 Å². The van der Waals surface area contributed by atoms with Crippen LogP contribution in [0, 0.1) is 23.2 Å². The highest BCUT2D eigenvalue weighted by molar-refractivity contribution is 5.70. The van der Waals surface area contributed by atoms with Crippen LogP contribution in [0.1, 0.15) is 88.0 Å². The van der Waals surface area contributed by atoms with Gasteiger partial charge in [0.05, 0.1) is 25.0 Å². The van der Waals surface area contributed by atoms with E-state index in [9.17, 15) is 4.79 Å². The number of ether oxygens (including phenoxy) is 1. The predicted molar refractivity (Wildman–Crippen MR) is 93.1 cm³/mol. The molecule has 0 heterocycles. The second-order valence-corrected chi connectivity index (χ2v) is 4.88. The number of nitrogens with zero attached hydrogens (tertiary/aromatic N) is 1. The average Bonchev–Trinajstić information content (AvgIpc) is 2.42. The van der Waals surface area contributed by atoms with Crippen LogP contribution in [0.15, 0.2) is 0 Å². The van der Waals surface area contributed by atoms with E-state index in [1.807, 2.05) is 27.7 Å². The summed E-state index contributed by atoms with van der Waals surface area (Å²) in [6, 6.07) is 2.12. The number of carbonyl (C=O) groups excluding carboxylic acids is 1. The molecule has 1 atom stereocenters. The van der Waals surface area contributed by atoms with Crippen LogP contribution in [-0.2, 0) is 9.53 Å². The lowest BCUT2D eigenvalue weighted by Crippen LogP contribution is -2.12. The van der Waals surface area contributed by atoms with Gasteiger partial charge in [-0.25, -0.2) is 0 Å². The zero-order valence-corrected chi connectivity index (χ0v) is 16.0. The van der Waals surface area contributed by atoms with Crippen molar-refractivity contribution in [2.24, 2.45) is 11.8 Å². The lowest BCUT2D eigenvalue weighted by atomic mass is 9.96. The number of hydrogen-bond donors (Lipinski definition) is 0. The Hall–Kier alpha value is -1.04. The van der Waals surface area contributed by atoms with Crippen molar-refractivity contribution in [3.05, 3.63) is 0 Å². The summed E-state index contributed by atoms with van der Waals surface area (Å²) in [7, 11) is 0. The van der Waals surface area contributed by atoms with Crippen LogP contribution >= 0.6 is 0 Å². The Bertz CT molecular complexity index is 218. The standard InChI is InChI=1S/C10H17NO2.2C3H8.C2H6/c1-4-13-10(12)6-9(7-11)5-8(2)3;2*1-3-2;1-2/h8-9H,4-6H2,1-3H3;2*3H2,1-2H3;1-2H3. The molecule has 0 aliphatic rings. The Kier molecular flexibility index (Phi) is 36.7. The summed E-state index contributed by atoms with van der Waals surface area (Å²) in [5.41, 5.74) is 0. The van der Waals surface area contributed by atoms with Gasteiger partial charge in [0.2, 0.25) is 0 Å². The smallest absolute Gasteiger partial charge is 0.307 e. The molecule has 21 heavy (non-hydrogen) atoms. The molecule has 128 valence electrons. The summed E-state index contributed by atoms with van der Waals surface area (Å²) in [6.07, 6.45) is 3.48. The highest BCUT2D eigenvalue weighted by Crippen LogP contribution is 2.14. The van der Waals surface area contributed by atoms with E-state index in [0.717, 1.165) is 6.42 Å². The Balaban J connectivity index is -0.000000151. The fourth-order valence-electron chi connectivity index (χ4n) is 1.17. The molecule has 0 N–H and O–H groups in total. The zero-order valence-electron chi connectivity index (χ0n) is 16.0. The molecule has 0 saturated carbocycles. The second-order valence-electron chi connectivity index (χ2n) is 4.88. The van der Waals surface area contributed by atoms with Crippen molar-refractivity contribution in [3.63, 3.8) is 0 Å². The number of esters is 1. The molecule has 0 aromatic rings.